The molecule has 140 valence electrons. The Bertz CT molecular complexity index is 802. The summed E-state index contributed by atoms with van der Waals surface area (Å²) in [5.41, 5.74) is 3.91. The second-order valence-corrected chi connectivity index (χ2v) is 6.25. The van der Waals surface area contributed by atoms with E-state index in [1.807, 2.05) is 19.9 Å². The molecule has 0 fully saturated rings. The number of hydrogen-bond donors (Lipinski definition) is 0. The Kier molecular flexibility index (Phi) is 8.33. The third-order valence-electron chi connectivity index (χ3n) is 3.97. The molecule has 0 heterocycles. The first-order valence-electron chi connectivity index (χ1n) is 8.03. The zero-order valence-corrected chi connectivity index (χ0v) is 16.7. The number of carbonyl (C=O) groups is 1. The highest BCUT2D eigenvalue weighted by atomic mass is 35.5. The summed E-state index contributed by atoms with van der Waals surface area (Å²) >= 11 is 6.22. The maximum atomic E-state index is 14.2. The van der Waals surface area contributed by atoms with Crippen molar-refractivity contribution >= 4 is 23.6 Å². The Labute approximate surface area is 159 Å². The van der Waals surface area contributed by atoms with Gasteiger partial charge in [0.15, 0.2) is 0 Å². The van der Waals surface area contributed by atoms with E-state index >= 15 is 0 Å². The molecular formula is C21H24ClFO3. The first-order valence-corrected chi connectivity index (χ1v) is 8.41. The Hall–Kier alpha value is -2.33. The van der Waals surface area contributed by atoms with E-state index in [4.69, 9.17) is 16.3 Å². The average Bonchev–Trinajstić information content (AvgIpc) is 2.61. The molecule has 0 aliphatic carbocycles. The highest BCUT2D eigenvalue weighted by Gasteiger charge is 2.10. The second kappa shape index (κ2) is 9.97. The van der Waals surface area contributed by atoms with E-state index in [1.165, 1.54) is 25.3 Å². The first kappa shape index (κ1) is 21.7. The van der Waals surface area contributed by atoms with Crippen LogP contribution in [-0.4, -0.2) is 20.2 Å². The van der Waals surface area contributed by atoms with E-state index in [0.717, 1.165) is 16.7 Å². The minimum Gasteiger partial charge on any atom is -0.495 e. The van der Waals surface area contributed by atoms with Gasteiger partial charge < -0.3 is 9.47 Å². The molecule has 0 bridgehead atoms. The summed E-state index contributed by atoms with van der Waals surface area (Å²) in [6.07, 6.45) is 7.62. The second-order valence-electron chi connectivity index (χ2n) is 5.84. The summed E-state index contributed by atoms with van der Waals surface area (Å²) in [7, 11) is 2.87. The van der Waals surface area contributed by atoms with E-state index in [1.54, 1.807) is 33.1 Å². The van der Waals surface area contributed by atoms with Gasteiger partial charge in [0.1, 0.15) is 11.6 Å². The van der Waals surface area contributed by atoms with Gasteiger partial charge in [-0.25, -0.2) is 9.18 Å². The van der Waals surface area contributed by atoms with Crippen LogP contribution in [0.5, 0.6) is 5.75 Å². The number of halogens is 2. The molecule has 0 aromatic heterocycles. The first-order chi connectivity index (χ1) is 12.2. The van der Waals surface area contributed by atoms with Gasteiger partial charge >= 0.3 is 5.97 Å². The lowest BCUT2D eigenvalue weighted by Crippen LogP contribution is -1.94. The normalized spacial score (nSPS) is 13.3. The van der Waals surface area contributed by atoms with Crippen LogP contribution >= 0.6 is 11.6 Å². The van der Waals surface area contributed by atoms with Gasteiger partial charge in [0, 0.05) is 6.08 Å². The maximum Gasteiger partial charge on any atom is 0.330 e. The number of ether oxygens (including phenoxy) is 2. The number of methoxy groups -OCH3 is 2. The van der Waals surface area contributed by atoms with Gasteiger partial charge in [-0.1, -0.05) is 29.8 Å². The molecule has 0 atom stereocenters. The lowest BCUT2D eigenvalue weighted by atomic mass is 10.0. The summed E-state index contributed by atoms with van der Waals surface area (Å²) in [6.45, 7) is 7.25. The van der Waals surface area contributed by atoms with E-state index in [9.17, 15) is 9.18 Å². The largest absolute Gasteiger partial charge is 0.495 e. The molecule has 1 rings (SSSR count). The highest BCUT2D eigenvalue weighted by molar-refractivity contribution is 6.32. The number of allylic oxidation sites excluding steroid dienone is 6. The summed E-state index contributed by atoms with van der Waals surface area (Å²) in [5, 5.41) is 0.515. The average molecular weight is 379 g/mol. The number of hydrogen-bond acceptors (Lipinski definition) is 3. The molecule has 0 radical (unpaired) electrons. The minimum atomic E-state index is -0.476. The molecule has 3 nitrogen and oxygen atoms in total. The molecule has 26 heavy (non-hydrogen) atoms. The topological polar surface area (TPSA) is 35.5 Å². The lowest BCUT2D eigenvalue weighted by Gasteiger charge is -2.12. The smallest absolute Gasteiger partial charge is 0.330 e. The van der Waals surface area contributed by atoms with E-state index in [-0.39, 0.29) is 0 Å². The minimum absolute atomic E-state index is 0.396. The van der Waals surface area contributed by atoms with E-state index < -0.39 is 11.8 Å². The quantitative estimate of drug-likeness (QED) is 0.351. The van der Waals surface area contributed by atoms with Gasteiger partial charge in [-0.15, -0.1) is 0 Å². The van der Waals surface area contributed by atoms with Crippen molar-refractivity contribution in [3.63, 3.8) is 0 Å². The van der Waals surface area contributed by atoms with Crippen molar-refractivity contribution in [2.24, 2.45) is 0 Å². The predicted molar refractivity (Wildman–Crippen MR) is 105 cm³/mol. The number of rotatable bonds is 6. The van der Waals surface area contributed by atoms with Crippen molar-refractivity contribution in [1.82, 2.24) is 0 Å². The van der Waals surface area contributed by atoms with Crippen LogP contribution in [0.3, 0.4) is 0 Å². The van der Waals surface area contributed by atoms with E-state index in [2.05, 4.69) is 4.74 Å². The van der Waals surface area contributed by atoms with Crippen LogP contribution in [0.2, 0.25) is 5.02 Å². The number of carbonyl (C=O) groups excluding carboxylic acids is 1. The fourth-order valence-corrected chi connectivity index (χ4v) is 2.56. The molecule has 5 heteroatoms. The lowest BCUT2D eigenvalue weighted by molar-refractivity contribution is -0.134. The molecule has 1 aromatic rings. The summed E-state index contributed by atoms with van der Waals surface area (Å²) in [6, 6.07) is 1.80. The summed E-state index contributed by atoms with van der Waals surface area (Å²) in [4.78, 5) is 11.1. The predicted octanol–water partition coefficient (Wildman–Crippen LogP) is 5.90. The summed E-state index contributed by atoms with van der Waals surface area (Å²) < 4.78 is 24.0. The zero-order valence-electron chi connectivity index (χ0n) is 15.9. The van der Waals surface area contributed by atoms with Crippen LogP contribution in [0.1, 0.15) is 30.5 Å². The van der Waals surface area contributed by atoms with E-state index in [0.29, 0.717) is 21.9 Å². The van der Waals surface area contributed by atoms with Crippen LogP contribution in [-0.2, 0) is 9.53 Å². The molecule has 0 spiro atoms. The van der Waals surface area contributed by atoms with Gasteiger partial charge in [0.05, 0.1) is 19.2 Å². The maximum absolute atomic E-state index is 14.2. The van der Waals surface area contributed by atoms with Gasteiger partial charge in [-0.3, -0.25) is 0 Å². The third-order valence-corrected chi connectivity index (χ3v) is 4.25. The standard InChI is InChI=1S/C21H24ClFO3/c1-13(11-20(24)25-5)7-10-19(23)14(2)8-9-17-12-18(22)21(26-6)16(4)15(17)3/h7-12H,1-6H3. The van der Waals surface area contributed by atoms with Crippen LogP contribution in [0.25, 0.3) is 6.08 Å². The molecule has 0 aliphatic heterocycles. The van der Waals surface area contributed by atoms with Gasteiger partial charge in [-0.05, 0) is 67.7 Å². The molecule has 0 saturated carbocycles. The summed E-state index contributed by atoms with van der Waals surface area (Å²) in [5.74, 6) is -0.223. The van der Waals surface area contributed by atoms with Crippen LogP contribution in [0.4, 0.5) is 4.39 Å². The SMILES string of the molecule is COC(=O)C=C(C)C=CC(F)=C(C)C=Cc1cc(Cl)c(OC)c(C)c1C. The molecule has 1 aromatic carbocycles. The van der Waals surface area contributed by atoms with Crippen molar-refractivity contribution in [2.45, 2.75) is 27.7 Å². The Morgan fingerprint density at radius 3 is 2.35 bits per heavy atom. The fraction of sp³-hybridized carbons (Fsp3) is 0.286. The zero-order chi connectivity index (χ0) is 19.9. The third kappa shape index (κ3) is 5.88. The molecule has 0 aliphatic rings. The molecular weight excluding hydrogens is 355 g/mol. The fourth-order valence-electron chi connectivity index (χ4n) is 2.22. The Morgan fingerprint density at radius 1 is 1.12 bits per heavy atom. The van der Waals surface area contributed by atoms with Crippen molar-refractivity contribution in [2.75, 3.05) is 14.2 Å². The van der Waals surface area contributed by atoms with Crippen molar-refractivity contribution < 1.29 is 18.7 Å². The van der Waals surface area contributed by atoms with Crippen molar-refractivity contribution in [1.29, 1.82) is 0 Å². The molecule has 0 saturated heterocycles. The van der Waals surface area contributed by atoms with Crippen molar-refractivity contribution in [3.05, 3.63) is 69.1 Å². The Morgan fingerprint density at radius 2 is 1.77 bits per heavy atom. The van der Waals surface area contributed by atoms with Gasteiger partial charge in [0.2, 0.25) is 0 Å². The molecule has 0 amide bonds. The molecule has 0 N–H and O–H groups in total. The van der Waals surface area contributed by atoms with Crippen LogP contribution in [0.15, 0.2) is 47.3 Å². The van der Waals surface area contributed by atoms with Gasteiger partial charge in [-0.2, -0.15) is 0 Å². The number of benzene rings is 1. The monoisotopic (exact) mass is 378 g/mol. The van der Waals surface area contributed by atoms with Crippen LogP contribution < -0.4 is 4.74 Å². The highest BCUT2D eigenvalue weighted by Crippen LogP contribution is 2.33. The Balaban J connectivity index is 3.05. The van der Waals surface area contributed by atoms with Crippen molar-refractivity contribution in [3.8, 4) is 5.75 Å². The number of esters is 1. The molecule has 0 unspecified atom stereocenters. The van der Waals surface area contributed by atoms with Crippen LogP contribution in [0, 0.1) is 13.8 Å². The van der Waals surface area contributed by atoms with Gasteiger partial charge in [0.25, 0.3) is 0 Å².